The van der Waals surface area contributed by atoms with Crippen LogP contribution in [0.3, 0.4) is 0 Å². The molecule has 0 aromatic rings. The van der Waals surface area contributed by atoms with E-state index in [1.807, 2.05) is 0 Å². The summed E-state index contributed by atoms with van der Waals surface area (Å²) in [6.45, 7) is 4.41. The molecule has 1 amide bonds. The fraction of sp³-hybridized carbons (Fsp3) is 0.800. The number of amides is 1. The van der Waals surface area contributed by atoms with Gasteiger partial charge >= 0.3 is 5.97 Å². The zero-order valence-corrected chi connectivity index (χ0v) is 12.8. The monoisotopic (exact) mass is 324 g/mol. The van der Waals surface area contributed by atoms with Crippen LogP contribution in [0.25, 0.3) is 0 Å². The fourth-order valence-electron chi connectivity index (χ4n) is 2.55. The Morgan fingerprint density at radius 3 is 2.50 bits per heavy atom. The molecule has 0 aromatic carbocycles. The highest BCUT2D eigenvalue weighted by atomic mass is 32.2. The van der Waals surface area contributed by atoms with Gasteiger partial charge in [-0.25, -0.2) is 13.2 Å². The molecule has 0 aromatic heterocycles. The highest BCUT2D eigenvalue weighted by Gasteiger charge is 2.68. The van der Waals surface area contributed by atoms with Gasteiger partial charge in [-0.3, -0.25) is 9.00 Å². The van der Waals surface area contributed by atoms with E-state index in [1.54, 1.807) is 0 Å². The van der Waals surface area contributed by atoms with Gasteiger partial charge in [-0.05, 0) is 20.8 Å². The lowest BCUT2D eigenvalue weighted by molar-refractivity contribution is -0.159. The van der Waals surface area contributed by atoms with Gasteiger partial charge in [-0.2, -0.15) is 4.72 Å². The Morgan fingerprint density at radius 2 is 2.05 bits per heavy atom. The number of carbonyl (C=O) groups is 2. The molecule has 20 heavy (non-hydrogen) atoms. The van der Waals surface area contributed by atoms with Crippen LogP contribution >= 0.6 is 0 Å². The molecule has 0 aliphatic carbocycles. The van der Waals surface area contributed by atoms with Crippen molar-refractivity contribution in [2.75, 3.05) is 5.75 Å². The van der Waals surface area contributed by atoms with Crippen molar-refractivity contribution >= 4 is 32.7 Å². The first-order chi connectivity index (χ1) is 9.04. The summed E-state index contributed by atoms with van der Waals surface area (Å²) < 4.78 is 36.5. The fourth-order valence-corrected chi connectivity index (χ4v) is 5.34. The summed E-state index contributed by atoms with van der Waals surface area (Å²) >= 11 is 0. The van der Waals surface area contributed by atoms with Crippen LogP contribution in [0.5, 0.6) is 0 Å². The summed E-state index contributed by atoms with van der Waals surface area (Å²) in [4.78, 5) is 24.3. The van der Waals surface area contributed by atoms with Crippen molar-refractivity contribution < 1.29 is 27.3 Å². The molecular weight excluding hydrogens is 308 g/mol. The number of hydrogen-bond acceptors (Lipinski definition) is 5. The van der Waals surface area contributed by atoms with Crippen molar-refractivity contribution in [2.45, 2.75) is 43.0 Å². The summed E-state index contributed by atoms with van der Waals surface area (Å²) in [6, 6.07) is -2.34. The van der Waals surface area contributed by atoms with Gasteiger partial charge in [0.1, 0.15) is 17.5 Å². The minimum Gasteiger partial charge on any atom is -0.480 e. The Kier molecular flexibility index (Phi) is 3.46. The van der Waals surface area contributed by atoms with Crippen LogP contribution in [0.4, 0.5) is 0 Å². The van der Waals surface area contributed by atoms with Crippen molar-refractivity contribution in [2.24, 2.45) is 0 Å². The summed E-state index contributed by atoms with van der Waals surface area (Å²) in [5.74, 6) is -2.09. The average Bonchev–Trinajstić information content (AvgIpc) is 2.53. The largest absolute Gasteiger partial charge is 0.480 e. The van der Waals surface area contributed by atoms with Gasteiger partial charge in [0.05, 0.1) is 21.3 Å². The topological polar surface area (TPSA) is 121 Å². The third kappa shape index (κ3) is 1.97. The van der Waals surface area contributed by atoms with E-state index in [-0.39, 0.29) is 5.75 Å². The molecule has 0 saturated carbocycles. The Hall–Kier alpha value is -1.00. The first kappa shape index (κ1) is 15.4. The first-order valence-electron chi connectivity index (χ1n) is 6.00. The molecule has 114 valence electrons. The van der Waals surface area contributed by atoms with Crippen LogP contribution in [-0.4, -0.2) is 62.5 Å². The maximum atomic E-state index is 12.4. The van der Waals surface area contributed by atoms with Crippen LogP contribution in [0.1, 0.15) is 20.8 Å². The van der Waals surface area contributed by atoms with E-state index >= 15 is 0 Å². The molecule has 2 N–H and O–H groups in total. The predicted molar refractivity (Wildman–Crippen MR) is 70.7 cm³/mol. The Morgan fingerprint density at radius 1 is 1.50 bits per heavy atom. The lowest BCUT2D eigenvalue weighted by Crippen LogP contribution is -2.71. The van der Waals surface area contributed by atoms with Crippen LogP contribution < -0.4 is 4.72 Å². The SMILES string of the molecule is CCS(=O)(=O)N[C@@H]1C(=O)N2[C@@H]1[S@@](=O)C(C)(C)[C@@H]2C(=O)O. The predicted octanol–water partition coefficient (Wildman–Crippen LogP) is -1.54. The molecule has 2 saturated heterocycles. The minimum absolute atomic E-state index is 0.206. The number of aliphatic carboxylic acids is 1. The van der Waals surface area contributed by atoms with Gasteiger partial charge in [0.2, 0.25) is 15.9 Å². The lowest BCUT2D eigenvalue weighted by atomic mass is 9.96. The summed E-state index contributed by atoms with van der Waals surface area (Å²) in [5, 5.41) is 8.29. The molecule has 2 heterocycles. The molecular formula is C10H16N2O6S2. The Bertz CT molecular complexity index is 599. The van der Waals surface area contributed by atoms with E-state index in [0.717, 1.165) is 4.90 Å². The van der Waals surface area contributed by atoms with E-state index in [1.165, 1.54) is 20.8 Å². The Labute approximate surface area is 119 Å². The second-order valence-electron chi connectivity index (χ2n) is 5.28. The number of rotatable bonds is 4. The molecule has 0 unspecified atom stereocenters. The number of nitrogens with one attached hydrogen (secondary N) is 1. The molecule has 0 bridgehead atoms. The molecule has 0 spiro atoms. The van der Waals surface area contributed by atoms with Crippen LogP contribution in [0.15, 0.2) is 0 Å². The number of carboxylic acids is 1. The zero-order chi connectivity index (χ0) is 15.5. The molecule has 4 atom stereocenters. The molecule has 8 nitrogen and oxygen atoms in total. The highest BCUT2D eigenvalue weighted by molar-refractivity contribution is 7.90. The number of hydrogen-bond donors (Lipinski definition) is 2. The standard InChI is InChI=1S/C10H16N2O6S2/c1-4-20(17,18)11-5-7(13)12-6(9(14)15)10(2,3)19(16)8(5)12/h5-6,8,11H,4H2,1-3H3,(H,14,15)/t5-,6+,8-,19-/m1/s1. The van der Waals surface area contributed by atoms with Crippen molar-refractivity contribution in [3.05, 3.63) is 0 Å². The van der Waals surface area contributed by atoms with Crippen LogP contribution in [-0.2, 0) is 30.4 Å². The maximum Gasteiger partial charge on any atom is 0.328 e. The van der Waals surface area contributed by atoms with E-state index in [2.05, 4.69) is 4.72 Å². The van der Waals surface area contributed by atoms with E-state index in [0.29, 0.717) is 0 Å². The van der Waals surface area contributed by atoms with Crippen molar-refractivity contribution in [1.82, 2.24) is 9.62 Å². The second-order valence-corrected chi connectivity index (χ2v) is 9.45. The lowest BCUT2D eigenvalue weighted by Gasteiger charge is -2.42. The van der Waals surface area contributed by atoms with Gasteiger partial charge < -0.3 is 10.0 Å². The molecule has 2 aliphatic heterocycles. The quantitative estimate of drug-likeness (QED) is 0.604. The number of nitrogens with zero attached hydrogens (tertiary/aromatic N) is 1. The average molecular weight is 324 g/mol. The smallest absolute Gasteiger partial charge is 0.328 e. The Balaban J connectivity index is 2.34. The molecule has 0 radical (unpaired) electrons. The third-order valence-electron chi connectivity index (χ3n) is 3.67. The van der Waals surface area contributed by atoms with Crippen molar-refractivity contribution in [3.8, 4) is 0 Å². The first-order valence-corrected chi connectivity index (χ1v) is 8.86. The van der Waals surface area contributed by atoms with Crippen LogP contribution in [0, 0.1) is 0 Å². The van der Waals surface area contributed by atoms with Gasteiger partial charge in [-0.1, -0.05) is 0 Å². The van der Waals surface area contributed by atoms with E-state index in [4.69, 9.17) is 0 Å². The summed E-state index contributed by atoms with van der Waals surface area (Å²) in [6.07, 6.45) is 0. The number of carbonyl (C=O) groups excluding carboxylic acids is 1. The number of fused-ring (bicyclic) bond motifs is 1. The zero-order valence-electron chi connectivity index (χ0n) is 11.2. The van der Waals surface area contributed by atoms with Crippen molar-refractivity contribution in [1.29, 1.82) is 0 Å². The second kappa shape index (κ2) is 4.50. The number of β-lactam (4-membered cyclic amide) rings is 1. The highest BCUT2D eigenvalue weighted by Crippen LogP contribution is 2.43. The molecule has 2 fully saturated rings. The van der Waals surface area contributed by atoms with E-state index in [9.17, 15) is 27.3 Å². The van der Waals surface area contributed by atoms with Crippen molar-refractivity contribution in [3.63, 3.8) is 0 Å². The normalized spacial score (nSPS) is 35.5. The van der Waals surface area contributed by atoms with Gasteiger partial charge in [0.25, 0.3) is 0 Å². The molecule has 2 aliphatic rings. The summed E-state index contributed by atoms with van der Waals surface area (Å²) in [5.41, 5.74) is 0. The minimum atomic E-state index is -3.63. The number of carboxylic acid groups (broad SMARTS) is 1. The third-order valence-corrected chi connectivity index (χ3v) is 7.25. The van der Waals surface area contributed by atoms with Gasteiger partial charge in [0.15, 0.2) is 0 Å². The summed E-state index contributed by atoms with van der Waals surface area (Å²) in [7, 11) is -5.29. The van der Waals surface area contributed by atoms with Gasteiger partial charge in [0, 0.05) is 0 Å². The van der Waals surface area contributed by atoms with Crippen LogP contribution in [0.2, 0.25) is 0 Å². The maximum absolute atomic E-state index is 12.4. The van der Waals surface area contributed by atoms with E-state index < -0.39 is 54.9 Å². The molecule has 2 rings (SSSR count). The number of sulfonamides is 1. The van der Waals surface area contributed by atoms with Gasteiger partial charge in [-0.15, -0.1) is 0 Å². The molecule has 10 heteroatoms.